The van der Waals surface area contributed by atoms with Crippen molar-refractivity contribution in [1.29, 1.82) is 5.26 Å². The monoisotopic (exact) mass is 518 g/mol. The van der Waals surface area contributed by atoms with Crippen molar-refractivity contribution in [3.63, 3.8) is 0 Å². The van der Waals surface area contributed by atoms with E-state index in [2.05, 4.69) is 26.3 Å². The Labute approximate surface area is 219 Å². The molecule has 0 radical (unpaired) electrons. The van der Waals surface area contributed by atoms with Crippen LogP contribution < -0.4 is 10.1 Å². The number of amides is 1. The van der Waals surface area contributed by atoms with Gasteiger partial charge >= 0.3 is 0 Å². The van der Waals surface area contributed by atoms with Crippen LogP contribution in [-0.4, -0.2) is 68.1 Å². The number of carbonyl (C=O) groups is 2. The van der Waals surface area contributed by atoms with Gasteiger partial charge in [-0.2, -0.15) is 5.26 Å². The number of piperidine rings is 1. The average molecular weight is 519 g/mol. The van der Waals surface area contributed by atoms with Gasteiger partial charge < -0.3 is 20.1 Å². The molecule has 1 aliphatic rings. The molecule has 3 atom stereocenters. The third kappa shape index (κ3) is 6.46. The number of hydrogen-bond acceptors (Lipinski definition) is 9. The van der Waals surface area contributed by atoms with Gasteiger partial charge in [0.1, 0.15) is 35.6 Å². The molecular weight excluding hydrogens is 491 g/mol. The average Bonchev–Trinajstić information content (AvgIpc) is 2.90. The van der Waals surface area contributed by atoms with Crippen molar-refractivity contribution >= 4 is 23.2 Å². The second kappa shape index (κ2) is 11.7. The SMILES string of the molecule is CC(=O)Cc1ccc(Nc2ccnc(-c3ccc(O[C@H]4CCN(C(=O)[C@H](C)O)C[C@H]4F)c(C#N)c3)n2)cn1. The lowest BCUT2D eigenvalue weighted by molar-refractivity contribution is -0.143. The maximum Gasteiger partial charge on any atom is 0.251 e. The van der Waals surface area contributed by atoms with Gasteiger partial charge in [0.15, 0.2) is 12.0 Å². The Kier molecular flexibility index (Phi) is 8.23. The summed E-state index contributed by atoms with van der Waals surface area (Å²) in [6, 6.07) is 12.2. The number of ether oxygens (including phenoxy) is 1. The molecule has 0 saturated carbocycles. The van der Waals surface area contributed by atoms with E-state index in [1.165, 1.54) is 18.7 Å². The lowest BCUT2D eigenvalue weighted by Gasteiger charge is -2.35. The second-order valence-electron chi connectivity index (χ2n) is 9.05. The van der Waals surface area contributed by atoms with Crippen molar-refractivity contribution in [3.8, 4) is 23.2 Å². The van der Waals surface area contributed by atoms with Gasteiger partial charge in [0.05, 0.1) is 24.0 Å². The summed E-state index contributed by atoms with van der Waals surface area (Å²) in [6.45, 7) is 2.92. The van der Waals surface area contributed by atoms with E-state index >= 15 is 0 Å². The summed E-state index contributed by atoms with van der Waals surface area (Å²) in [7, 11) is 0. The van der Waals surface area contributed by atoms with Gasteiger partial charge in [-0.3, -0.25) is 14.6 Å². The molecule has 3 heterocycles. The zero-order valence-corrected chi connectivity index (χ0v) is 21.0. The van der Waals surface area contributed by atoms with Crippen LogP contribution in [0.3, 0.4) is 0 Å². The first-order chi connectivity index (χ1) is 18.2. The van der Waals surface area contributed by atoms with Crippen LogP contribution in [0, 0.1) is 11.3 Å². The number of nitrogens with zero attached hydrogens (tertiary/aromatic N) is 5. The molecule has 1 fully saturated rings. The van der Waals surface area contributed by atoms with E-state index in [4.69, 9.17) is 4.74 Å². The summed E-state index contributed by atoms with van der Waals surface area (Å²) in [6.07, 6.45) is 0.209. The summed E-state index contributed by atoms with van der Waals surface area (Å²) in [5, 5.41) is 22.3. The van der Waals surface area contributed by atoms with Gasteiger partial charge in [-0.15, -0.1) is 0 Å². The van der Waals surface area contributed by atoms with Crippen LogP contribution in [-0.2, 0) is 16.0 Å². The maximum atomic E-state index is 14.8. The molecule has 1 amide bonds. The molecule has 0 bridgehead atoms. The highest BCUT2D eigenvalue weighted by Crippen LogP contribution is 2.29. The number of carbonyl (C=O) groups excluding carboxylic acids is 2. The van der Waals surface area contributed by atoms with E-state index in [0.29, 0.717) is 28.6 Å². The zero-order valence-electron chi connectivity index (χ0n) is 21.0. The fourth-order valence-electron chi connectivity index (χ4n) is 4.08. The van der Waals surface area contributed by atoms with Crippen LogP contribution in [0.15, 0.2) is 48.8 Å². The summed E-state index contributed by atoms with van der Waals surface area (Å²) >= 11 is 0. The standard InChI is InChI=1S/C27H27FN6O4/c1-16(35)11-20-4-5-21(14-31-20)32-25-7-9-30-26(33-25)18-3-6-23(19(12-18)13-29)38-24-8-10-34(15-22(24)28)27(37)17(2)36/h3-7,9,12,14,17,22,24,36H,8,10-11,15H2,1-2H3,(H,30,32,33)/t17-,22+,24-/m0/s1. The molecule has 4 rings (SSSR count). The van der Waals surface area contributed by atoms with E-state index in [9.17, 15) is 24.3 Å². The van der Waals surface area contributed by atoms with Gasteiger partial charge in [-0.1, -0.05) is 0 Å². The molecule has 38 heavy (non-hydrogen) atoms. The van der Waals surface area contributed by atoms with Crippen molar-refractivity contribution in [2.75, 3.05) is 18.4 Å². The molecule has 0 spiro atoms. The first-order valence-electron chi connectivity index (χ1n) is 12.1. The number of nitrogens with one attached hydrogen (secondary N) is 1. The molecule has 1 aromatic carbocycles. The van der Waals surface area contributed by atoms with Crippen LogP contribution in [0.5, 0.6) is 5.75 Å². The molecule has 2 N–H and O–H groups in total. The number of aromatic nitrogens is 3. The number of likely N-dealkylation sites (tertiary alicyclic amines) is 1. The number of pyridine rings is 1. The van der Waals surface area contributed by atoms with Crippen molar-refractivity contribution < 1.29 is 23.8 Å². The summed E-state index contributed by atoms with van der Waals surface area (Å²) < 4.78 is 20.6. The normalized spacial score (nSPS) is 17.8. The van der Waals surface area contributed by atoms with E-state index in [-0.39, 0.29) is 43.0 Å². The molecule has 10 nitrogen and oxygen atoms in total. The number of Topliss-reactive ketones (excluding diaryl/α,β-unsaturated/α-hetero) is 1. The Morgan fingerprint density at radius 2 is 2.11 bits per heavy atom. The number of rotatable bonds is 8. The van der Waals surface area contributed by atoms with E-state index in [1.54, 1.807) is 48.8 Å². The number of alkyl halides is 1. The van der Waals surface area contributed by atoms with Crippen LogP contribution in [0.4, 0.5) is 15.9 Å². The van der Waals surface area contributed by atoms with Crippen LogP contribution in [0.2, 0.25) is 0 Å². The zero-order chi connectivity index (χ0) is 27.2. The molecule has 11 heteroatoms. The van der Waals surface area contributed by atoms with Crippen LogP contribution >= 0.6 is 0 Å². The largest absolute Gasteiger partial charge is 0.486 e. The smallest absolute Gasteiger partial charge is 0.251 e. The number of aliphatic hydroxyl groups excluding tert-OH is 1. The van der Waals surface area contributed by atoms with Gasteiger partial charge in [0.2, 0.25) is 0 Å². The molecule has 3 aromatic rings. The van der Waals surface area contributed by atoms with Gasteiger partial charge in [0, 0.05) is 36.8 Å². The Bertz CT molecular complexity index is 1360. The number of anilines is 2. The highest BCUT2D eigenvalue weighted by molar-refractivity contribution is 5.80. The predicted molar refractivity (Wildman–Crippen MR) is 136 cm³/mol. The quantitative estimate of drug-likeness (QED) is 0.460. The molecular formula is C27H27FN6O4. The van der Waals surface area contributed by atoms with Gasteiger partial charge in [0.25, 0.3) is 5.91 Å². The third-order valence-electron chi connectivity index (χ3n) is 5.97. The van der Waals surface area contributed by atoms with Crippen LogP contribution in [0.25, 0.3) is 11.4 Å². The summed E-state index contributed by atoms with van der Waals surface area (Å²) in [5.74, 6) is 0.614. The van der Waals surface area contributed by atoms with E-state index in [0.717, 1.165) is 0 Å². The number of ketones is 1. The van der Waals surface area contributed by atoms with Crippen molar-refractivity contribution in [3.05, 3.63) is 60.0 Å². The van der Waals surface area contributed by atoms with Crippen LogP contribution in [0.1, 0.15) is 31.5 Å². The van der Waals surface area contributed by atoms with Gasteiger partial charge in [-0.05, 0) is 50.2 Å². The number of benzene rings is 1. The highest BCUT2D eigenvalue weighted by atomic mass is 19.1. The minimum atomic E-state index is -1.46. The molecule has 1 saturated heterocycles. The Balaban J connectivity index is 1.45. The fraction of sp³-hybridized carbons (Fsp3) is 0.333. The van der Waals surface area contributed by atoms with Crippen molar-refractivity contribution in [2.45, 2.75) is 45.1 Å². The maximum absolute atomic E-state index is 14.8. The van der Waals surface area contributed by atoms with E-state index < -0.39 is 24.3 Å². The third-order valence-corrected chi connectivity index (χ3v) is 5.97. The topological polar surface area (TPSA) is 141 Å². The number of hydrogen-bond donors (Lipinski definition) is 2. The molecule has 2 aromatic heterocycles. The predicted octanol–water partition coefficient (Wildman–Crippen LogP) is 2.98. The van der Waals surface area contributed by atoms with Gasteiger partial charge in [-0.25, -0.2) is 14.4 Å². The Morgan fingerprint density at radius 1 is 1.29 bits per heavy atom. The molecule has 0 aliphatic carbocycles. The number of nitriles is 1. The Hall–Kier alpha value is -4.43. The van der Waals surface area contributed by atoms with Crippen molar-refractivity contribution in [2.24, 2.45) is 0 Å². The molecule has 196 valence electrons. The second-order valence-corrected chi connectivity index (χ2v) is 9.05. The molecule has 0 unspecified atom stereocenters. The minimum absolute atomic E-state index is 0.0332. The van der Waals surface area contributed by atoms with E-state index in [1.807, 2.05) is 0 Å². The number of aliphatic hydroxyl groups is 1. The fourth-order valence-corrected chi connectivity index (χ4v) is 4.08. The first-order valence-corrected chi connectivity index (χ1v) is 12.1. The summed E-state index contributed by atoms with van der Waals surface area (Å²) in [4.78, 5) is 37.6. The lowest BCUT2D eigenvalue weighted by atomic mass is 10.0. The lowest BCUT2D eigenvalue weighted by Crippen LogP contribution is -2.51. The number of halogens is 1. The highest BCUT2D eigenvalue weighted by Gasteiger charge is 2.34. The molecule has 1 aliphatic heterocycles. The Morgan fingerprint density at radius 3 is 2.76 bits per heavy atom. The first kappa shape index (κ1) is 26.6. The summed E-state index contributed by atoms with van der Waals surface area (Å²) in [5.41, 5.74) is 2.13. The minimum Gasteiger partial charge on any atom is -0.486 e. The van der Waals surface area contributed by atoms with Crippen molar-refractivity contribution in [1.82, 2.24) is 19.9 Å².